The summed E-state index contributed by atoms with van der Waals surface area (Å²) < 4.78 is 0. The van der Waals surface area contributed by atoms with Crippen LogP contribution in [0.5, 0.6) is 0 Å². The van der Waals surface area contributed by atoms with E-state index in [1.165, 1.54) is 77.0 Å². The maximum Gasteiger partial charge on any atom is 0.0231 e. The van der Waals surface area contributed by atoms with Crippen LogP contribution in [0.1, 0.15) is 102 Å². The van der Waals surface area contributed by atoms with Gasteiger partial charge in [-0.2, -0.15) is 0 Å². The average molecular weight is 484 g/mol. The van der Waals surface area contributed by atoms with Crippen molar-refractivity contribution in [2.75, 3.05) is 0 Å². The Morgan fingerprint density at radius 2 is 1.39 bits per heavy atom. The summed E-state index contributed by atoms with van der Waals surface area (Å²) in [5.41, 5.74) is 3.23. The molecule has 0 amide bonds. The fraction of sp³-hybridized carbons (Fsp3) is 0.600. The molecule has 0 bridgehead atoms. The molecule has 170 valence electrons. The van der Waals surface area contributed by atoms with E-state index in [1.54, 1.807) is 11.1 Å². The SMILES string of the molecule is CCCCC[C@H]1CC[C@H](C(CCCC(Br)CC)(c2ccccc2)c2ccccc2)CC1. The number of hydrogen-bond donors (Lipinski definition) is 0. The second kappa shape index (κ2) is 12.8. The van der Waals surface area contributed by atoms with E-state index in [0.29, 0.717) is 4.83 Å². The second-order valence-corrected chi connectivity index (χ2v) is 11.1. The first-order chi connectivity index (χ1) is 15.2. The molecule has 1 aliphatic carbocycles. The largest absolute Gasteiger partial charge is 0.0891 e. The smallest absolute Gasteiger partial charge is 0.0231 e. The van der Waals surface area contributed by atoms with Crippen molar-refractivity contribution in [3.63, 3.8) is 0 Å². The maximum absolute atomic E-state index is 3.89. The van der Waals surface area contributed by atoms with E-state index in [2.05, 4.69) is 90.4 Å². The summed E-state index contributed by atoms with van der Waals surface area (Å²) in [5, 5.41) is 0. The predicted molar refractivity (Wildman–Crippen MR) is 140 cm³/mol. The number of rotatable bonds is 12. The summed E-state index contributed by atoms with van der Waals surface area (Å²) in [5.74, 6) is 1.70. The van der Waals surface area contributed by atoms with E-state index in [9.17, 15) is 0 Å². The molecular weight excluding hydrogens is 440 g/mol. The van der Waals surface area contributed by atoms with Gasteiger partial charge in [0.15, 0.2) is 0 Å². The summed E-state index contributed by atoms with van der Waals surface area (Å²) in [6.45, 7) is 4.61. The Morgan fingerprint density at radius 3 is 1.90 bits per heavy atom. The molecule has 1 fully saturated rings. The van der Waals surface area contributed by atoms with Crippen LogP contribution in [0.2, 0.25) is 0 Å². The molecule has 0 saturated heterocycles. The number of hydrogen-bond acceptors (Lipinski definition) is 0. The van der Waals surface area contributed by atoms with Gasteiger partial charge in [0, 0.05) is 10.2 Å². The highest BCUT2D eigenvalue weighted by atomic mass is 79.9. The van der Waals surface area contributed by atoms with E-state index in [1.807, 2.05) is 0 Å². The molecule has 0 aromatic heterocycles. The summed E-state index contributed by atoms with van der Waals surface area (Å²) in [6, 6.07) is 23.0. The maximum atomic E-state index is 3.89. The molecule has 31 heavy (non-hydrogen) atoms. The third-order valence-electron chi connectivity index (χ3n) is 7.87. The molecule has 0 heterocycles. The van der Waals surface area contributed by atoms with Gasteiger partial charge >= 0.3 is 0 Å². The molecule has 0 N–H and O–H groups in total. The Bertz CT molecular complexity index is 675. The lowest BCUT2D eigenvalue weighted by Gasteiger charge is -2.46. The van der Waals surface area contributed by atoms with Crippen molar-refractivity contribution in [3.05, 3.63) is 71.8 Å². The van der Waals surface area contributed by atoms with Crippen molar-refractivity contribution >= 4 is 15.9 Å². The van der Waals surface area contributed by atoms with Crippen molar-refractivity contribution in [1.29, 1.82) is 0 Å². The minimum Gasteiger partial charge on any atom is -0.0891 e. The van der Waals surface area contributed by atoms with Crippen LogP contribution in [0.3, 0.4) is 0 Å². The van der Waals surface area contributed by atoms with Gasteiger partial charge in [-0.05, 0) is 55.1 Å². The number of unbranched alkanes of at least 4 members (excludes halogenated alkanes) is 2. The normalized spacial score (nSPS) is 20.5. The van der Waals surface area contributed by atoms with Gasteiger partial charge < -0.3 is 0 Å². The summed E-state index contributed by atoms with van der Waals surface area (Å²) in [7, 11) is 0. The van der Waals surface area contributed by atoms with Gasteiger partial charge in [0.05, 0.1) is 0 Å². The lowest BCUT2D eigenvalue weighted by Crippen LogP contribution is -2.39. The van der Waals surface area contributed by atoms with Crippen LogP contribution in [-0.2, 0) is 5.41 Å². The molecule has 1 aliphatic rings. The van der Waals surface area contributed by atoms with Crippen molar-refractivity contribution in [1.82, 2.24) is 0 Å². The molecule has 3 rings (SSSR count). The quantitative estimate of drug-likeness (QED) is 0.208. The van der Waals surface area contributed by atoms with Gasteiger partial charge in [-0.25, -0.2) is 0 Å². The number of alkyl halides is 1. The van der Waals surface area contributed by atoms with Gasteiger partial charge in [0.2, 0.25) is 0 Å². The molecule has 0 radical (unpaired) electrons. The first-order valence-corrected chi connectivity index (χ1v) is 13.9. The second-order valence-electron chi connectivity index (χ2n) is 9.81. The minimum atomic E-state index is 0.150. The van der Waals surface area contributed by atoms with Gasteiger partial charge in [0.1, 0.15) is 0 Å². The summed E-state index contributed by atoms with van der Waals surface area (Å²) in [6.07, 6.45) is 16.3. The van der Waals surface area contributed by atoms with Gasteiger partial charge in [0.25, 0.3) is 0 Å². The highest BCUT2D eigenvalue weighted by Crippen LogP contribution is 2.50. The Balaban J connectivity index is 1.88. The van der Waals surface area contributed by atoms with E-state index in [-0.39, 0.29) is 5.41 Å². The zero-order chi connectivity index (χ0) is 21.9. The van der Waals surface area contributed by atoms with Crippen LogP contribution >= 0.6 is 15.9 Å². The van der Waals surface area contributed by atoms with Crippen molar-refractivity contribution in [3.8, 4) is 0 Å². The standard InChI is InChI=1S/C30H43Br/c1-3-5-8-14-25-20-22-28(23-21-25)30(24-13-19-29(31)4-2,26-15-9-6-10-16-26)27-17-11-7-12-18-27/h6-7,9-12,15-18,25,28-29H,3-5,8,13-14,19-24H2,1-2H3/t25-,28-,29?. The fourth-order valence-corrected chi connectivity index (χ4v) is 6.36. The molecule has 1 unspecified atom stereocenters. The molecule has 2 aromatic rings. The Kier molecular flexibility index (Phi) is 10.2. The molecule has 1 heteroatoms. The molecule has 0 spiro atoms. The zero-order valence-corrected chi connectivity index (χ0v) is 21.5. The van der Waals surface area contributed by atoms with E-state index in [4.69, 9.17) is 0 Å². The highest BCUT2D eigenvalue weighted by Gasteiger charge is 2.42. The molecule has 2 aromatic carbocycles. The van der Waals surface area contributed by atoms with E-state index >= 15 is 0 Å². The van der Waals surface area contributed by atoms with Crippen molar-refractivity contribution in [2.45, 2.75) is 101 Å². The first-order valence-electron chi connectivity index (χ1n) is 13.0. The number of benzene rings is 2. The minimum absolute atomic E-state index is 0.150. The Hall–Kier alpha value is -1.08. The van der Waals surface area contributed by atoms with Gasteiger partial charge in [-0.15, -0.1) is 0 Å². The van der Waals surface area contributed by atoms with Crippen LogP contribution in [0.15, 0.2) is 60.7 Å². The third kappa shape index (κ3) is 6.47. The Labute approximate surface area is 200 Å². The topological polar surface area (TPSA) is 0 Å². The number of halogens is 1. The fourth-order valence-electron chi connectivity index (χ4n) is 6.04. The summed E-state index contributed by atoms with van der Waals surface area (Å²) in [4.78, 5) is 0.644. The van der Waals surface area contributed by atoms with Crippen LogP contribution < -0.4 is 0 Å². The van der Waals surface area contributed by atoms with Crippen molar-refractivity contribution < 1.29 is 0 Å². The lowest BCUT2D eigenvalue weighted by molar-refractivity contribution is 0.178. The van der Waals surface area contributed by atoms with Crippen LogP contribution in [-0.4, -0.2) is 4.83 Å². The predicted octanol–water partition coefficient (Wildman–Crippen LogP) is 9.70. The summed E-state index contributed by atoms with van der Waals surface area (Å²) >= 11 is 3.89. The first kappa shape index (κ1) is 24.6. The van der Waals surface area contributed by atoms with Crippen molar-refractivity contribution in [2.24, 2.45) is 11.8 Å². The third-order valence-corrected chi connectivity index (χ3v) is 8.97. The molecule has 1 saturated carbocycles. The molecular formula is C30H43Br. The lowest BCUT2D eigenvalue weighted by atomic mass is 9.58. The zero-order valence-electron chi connectivity index (χ0n) is 19.9. The molecule has 0 nitrogen and oxygen atoms in total. The van der Waals surface area contributed by atoms with Crippen LogP contribution in [0.4, 0.5) is 0 Å². The average Bonchev–Trinajstić information content (AvgIpc) is 2.83. The van der Waals surface area contributed by atoms with Crippen LogP contribution in [0.25, 0.3) is 0 Å². The van der Waals surface area contributed by atoms with E-state index < -0.39 is 0 Å². The monoisotopic (exact) mass is 482 g/mol. The van der Waals surface area contributed by atoms with E-state index in [0.717, 1.165) is 11.8 Å². The molecule has 0 aliphatic heterocycles. The van der Waals surface area contributed by atoms with Crippen LogP contribution in [0, 0.1) is 11.8 Å². The Morgan fingerprint density at radius 1 is 0.806 bits per heavy atom. The molecule has 1 atom stereocenters. The highest BCUT2D eigenvalue weighted by molar-refractivity contribution is 9.09. The van der Waals surface area contributed by atoms with Gasteiger partial charge in [-0.1, -0.05) is 135 Å². The van der Waals surface area contributed by atoms with Gasteiger partial charge in [-0.3, -0.25) is 0 Å².